The first-order chi connectivity index (χ1) is 16.1. The van der Waals surface area contributed by atoms with E-state index in [4.69, 9.17) is 4.74 Å². The monoisotopic (exact) mass is 519 g/mol. The first-order valence-electron chi connectivity index (χ1n) is 10.9. The highest BCUT2D eigenvalue weighted by Gasteiger charge is 2.47. The minimum atomic E-state index is -0.847. The second-order valence-corrected chi connectivity index (χ2v) is 10.1. The lowest BCUT2D eigenvalue weighted by molar-refractivity contribution is -0.132. The van der Waals surface area contributed by atoms with E-state index in [-0.39, 0.29) is 16.7 Å². The molecule has 3 aromatic carbocycles. The van der Waals surface area contributed by atoms with Crippen molar-refractivity contribution in [3.05, 3.63) is 99.5 Å². The molecule has 0 radical (unpaired) electrons. The van der Waals surface area contributed by atoms with Crippen molar-refractivity contribution in [1.29, 1.82) is 0 Å². The van der Waals surface area contributed by atoms with Gasteiger partial charge in [0.25, 0.3) is 11.7 Å². The molecular formula is C28H26BrNO4. The topological polar surface area (TPSA) is 66.8 Å². The smallest absolute Gasteiger partial charge is 0.300 e. The van der Waals surface area contributed by atoms with Gasteiger partial charge >= 0.3 is 0 Å². The highest BCUT2D eigenvalue weighted by atomic mass is 79.9. The van der Waals surface area contributed by atoms with Crippen LogP contribution in [0.15, 0.2) is 82.8 Å². The van der Waals surface area contributed by atoms with E-state index < -0.39 is 17.7 Å². The normalized spacial score (nSPS) is 17.8. The molecule has 4 rings (SSSR count). The van der Waals surface area contributed by atoms with Crippen LogP contribution in [0.1, 0.15) is 43.5 Å². The van der Waals surface area contributed by atoms with Crippen LogP contribution in [0.2, 0.25) is 0 Å². The molecule has 3 aromatic rings. The number of carbonyl (C=O) groups is 2. The number of amides is 1. The summed E-state index contributed by atoms with van der Waals surface area (Å²) in [4.78, 5) is 28.1. The zero-order valence-corrected chi connectivity index (χ0v) is 21.1. The summed E-state index contributed by atoms with van der Waals surface area (Å²) in [5.41, 5.74) is 2.71. The van der Waals surface area contributed by atoms with E-state index in [1.54, 1.807) is 36.4 Å². The fourth-order valence-electron chi connectivity index (χ4n) is 4.17. The van der Waals surface area contributed by atoms with Gasteiger partial charge in [-0.15, -0.1) is 0 Å². The predicted octanol–water partition coefficient (Wildman–Crippen LogP) is 6.38. The molecule has 1 fully saturated rings. The van der Waals surface area contributed by atoms with Crippen molar-refractivity contribution in [3.8, 4) is 5.75 Å². The number of methoxy groups -OCH3 is 1. The molecule has 0 aliphatic carbocycles. The Morgan fingerprint density at radius 3 is 2.15 bits per heavy atom. The van der Waals surface area contributed by atoms with E-state index in [0.717, 1.165) is 10.0 Å². The Kier molecular flexibility index (Phi) is 6.36. The largest absolute Gasteiger partial charge is 0.507 e. The lowest BCUT2D eigenvalue weighted by atomic mass is 9.87. The summed E-state index contributed by atoms with van der Waals surface area (Å²) in [5, 5.41) is 11.2. The molecule has 1 N–H and O–H groups in total. The fraction of sp³-hybridized carbons (Fsp3) is 0.214. The summed E-state index contributed by atoms with van der Waals surface area (Å²) in [6.07, 6.45) is 0. The van der Waals surface area contributed by atoms with E-state index >= 15 is 0 Å². The van der Waals surface area contributed by atoms with Crippen molar-refractivity contribution < 1.29 is 19.4 Å². The van der Waals surface area contributed by atoms with Crippen LogP contribution < -0.4 is 9.64 Å². The van der Waals surface area contributed by atoms with Gasteiger partial charge in [-0.1, -0.05) is 79.2 Å². The van der Waals surface area contributed by atoms with Crippen LogP contribution in [0.3, 0.4) is 0 Å². The quantitative estimate of drug-likeness (QED) is 0.246. The van der Waals surface area contributed by atoms with Crippen molar-refractivity contribution in [1.82, 2.24) is 0 Å². The zero-order chi connectivity index (χ0) is 24.6. The lowest BCUT2D eigenvalue weighted by Gasteiger charge is -2.27. The van der Waals surface area contributed by atoms with Crippen molar-refractivity contribution in [2.45, 2.75) is 32.2 Å². The summed E-state index contributed by atoms with van der Waals surface area (Å²) < 4.78 is 6.40. The summed E-state index contributed by atoms with van der Waals surface area (Å²) in [5.74, 6) is -1.14. The predicted molar refractivity (Wildman–Crippen MR) is 137 cm³/mol. The highest BCUT2D eigenvalue weighted by Crippen LogP contribution is 2.45. The molecule has 0 aromatic heterocycles. The molecule has 1 heterocycles. The van der Waals surface area contributed by atoms with Crippen LogP contribution in [-0.2, 0) is 15.0 Å². The molecule has 1 saturated heterocycles. The number of hydrogen-bond acceptors (Lipinski definition) is 4. The average Bonchev–Trinajstić information content (AvgIpc) is 3.09. The number of carbonyl (C=O) groups excluding carboxylic acids is 2. The SMILES string of the molecule is COc1ccccc1C1/C(=C(\O)c2ccc(Br)cc2)C(=O)C(=O)N1c1ccc(C(C)(C)C)cc1. The molecule has 174 valence electrons. The number of aliphatic hydroxyl groups excluding tert-OH is 1. The first-order valence-corrected chi connectivity index (χ1v) is 11.7. The summed E-state index contributed by atoms with van der Waals surface area (Å²) in [6, 6.07) is 20.9. The number of halogens is 1. The molecular weight excluding hydrogens is 494 g/mol. The standard InChI is InChI=1S/C28H26BrNO4/c1-28(2,3)18-11-15-20(16-12-18)30-24(21-7-5-6-8-22(21)34-4)23(26(32)27(30)33)25(31)17-9-13-19(29)14-10-17/h5-16,24,31H,1-4H3/b25-23+. The molecule has 1 amide bonds. The number of benzene rings is 3. The van der Waals surface area contributed by atoms with Crippen LogP contribution in [0.4, 0.5) is 5.69 Å². The van der Waals surface area contributed by atoms with Crippen LogP contribution in [0.5, 0.6) is 5.75 Å². The highest BCUT2D eigenvalue weighted by molar-refractivity contribution is 9.10. The Labute approximate surface area is 207 Å². The molecule has 6 heteroatoms. The maximum atomic E-state index is 13.4. The third-order valence-corrected chi connectivity index (χ3v) is 6.54. The number of hydrogen-bond donors (Lipinski definition) is 1. The van der Waals surface area contributed by atoms with Crippen molar-refractivity contribution in [3.63, 3.8) is 0 Å². The molecule has 0 bridgehead atoms. The van der Waals surface area contributed by atoms with Gasteiger partial charge in [-0.25, -0.2) is 0 Å². The Hall–Kier alpha value is -3.38. The number of rotatable bonds is 4. The van der Waals surface area contributed by atoms with E-state index in [0.29, 0.717) is 22.6 Å². The molecule has 5 nitrogen and oxygen atoms in total. The van der Waals surface area contributed by atoms with Crippen LogP contribution in [-0.4, -0.2) is 23.9 Å². The van der Waals surface area contributed by atoms with E-state index in [2.05, 4.69) is 36.7 Å². The van der Waals surface area contributed by atoms with Gasteiger partial charge in [0.1, 0.15) is 11.5 Å². The second-order valence-electron chi connectivity index (χ2n) is 9.21. The maximum Gasteiger partial charge on any atom is 0.300 e. The van der Waals surface area contributed by atoms with Crippen LogP contribution in [0, 0.1) is 0 Å². The lowest BCUT2D eigenvalue weighted by Crippen LogP contribution is -2.29. The Bertz CT molecular complexity index is 1270. The minimum absolute atomic E-state index is 0.0247. The zero-order valence-electron chi connectivity index (χ0n) is 19.5. The van der Waals surface area contributed by atoms with Gasteiger partial charge in [0.05, 0.1) is 18.7 Å². The second kappa shape index (κ2) is 9.11. The number of ether oxygens (including phenoxy) is 1. The molecule has 1 aliphatic rings. The molecule has 0 saturated carbocycles. The van der Waals surface area contributed by atoms with Crippen LogP contribution >= 0.6 is 15.9 Å². The van der Waals surface area contributed by atoms with Crippen LogP contribution in [0.25, 0.3) is 5.76 Å². The van der Waals surface area contributed by atoms with Gasteiger partial charge in [0.2, 0.25) is 0 Å². The summed E-state index contributed by atoms with van der Waals surface area (Å²) in [7, 11) is 1.54. The van der Waals surface area contributed by atoms with Gasteiger partial charge in [0, 0.05) is 21.3 Å². The van der Waals surface area contributed by atoms with E-state index in [1.165, 1.54) is 12.0 Å². The Morgan fingerprint density at radius 2 is 1.56 bits per heavy atom. The third kappa shape index (κ3) is 4.26. The first kappa shape index (κ1) is 23.8. The summed E-state index contributed by atoms with van der Waals surface area (Å²) >= 11 is 3.38. The van der Waals surface area contributed by atoms with E-state index in [9.17, 15) is 14.7 Å². The minimum Gasteiger partial charge on any atom is -0.507 e. The van der Waals surface area contributed by atoms with Crippen molar-refractivity contribution in [2.24, 2.45) is 0 Å². The Balaban J connectivity index is 1.94. The maximum absolute atomic E-state index is 13.4. The summed E-state index contributed by atoms with van der Waals surface area (Å²) in [6.45, 7) is 6.34. The van der Waals surface area contributed by atoms with Gasteiger partial charge in [-0.2, -0.15) is 0 Å². The number of para-hydroxylation sites is 1. The van der Waals surface area contributed by atoms with Crippen molar-refractivity contribution >= 4 is 39.1 Å². The van der Waals surface area contributed by atoms with E-state index in [1.807, 2.05) is 36.4 Å². The molecule has 0 spiro atoms. The number of ketones is 1. The third-order valence-electron chi connectivity index (χ3n) is 6.01. The molecule has 1 aliphatic heterocycles. The van der Waals surface area contributed by atoms with Crippen molar-refractivity contribution in [2.75, 3.05) is 12.0 Å². The molecule has 34 heavy (non-hydrogen) atoms. The number of anilines is 1. The molecule has 1 atom stereocenters. The average molecular weight is 520 g/mol. The van der Waals surface area contributed by atoms with Gasteiger partial charge in [-0.05, 0) is 41.3 Å². The van der Waals surface area contributed by atoms with Gasteiger partial charge in [0.15, 0.2) is 0 Å². The number of Topliss-reactive ketones (excluding diaryl/α,β-unsaturated/α-hetero) is 1. The number of nitrogens with zero attached hydrogens (tertiary/aromatic N) is 1. The van der Waals surface area contributed by atoms with Gasteiger partial charge in [-0.3, -0.25) is 14.5 Å². The number of aliphatic hydroxyl groups is 1. The fourth-order valence-corrected chi connectivity index (χ4v) is 4.44. The van der Waals surface area contributed by atoms with Gasteiger partial charge < -0.3 is 9.84 Å². The Morgan fingerprint density at radius 1 is 0.941 bits per heavy atom. The molecule has 1 unspecified atom stereocenters.